The SMILES string of the molecule is COc1cc(OC)cc(-c2cccc(-c3cc(OC)cc(OC)c3)c2-c2ccc(C3CCCCC3)c(C3CCCCC3)c2P)c1. The molecule has 6 rings (SSSR count). The van der Waals surface area contributed by atoms with Crippen LogP contribution in [0.25, 0.3) is 33.4 Å². The first-order valence-corrected chi connectivity index (χ1v) is 17.1. The molecule has 4 aromatic rings. The Kier molecular flexibility index (Phi) is 10.0. The minimum absolute atomic E-state index is 0.604. The lowest BCUT2D eigenvalue weighted by Crippen LogP contribution is -2.20. The molecule has 0 heterocycles. The van der Waals surface area contributed by atoms with E-state index in [0.29, 0.717) is 11.8 Å². The highest BCUT2D eigenvalue weighted by molar-refractivity contribution is 7.28. The van der Waals surface area contributed by atoms with E-state index in [2.05, 4.69) is 63.8 Å². The molecular weight excluding hydrogens is 575 g/mol. The Morgan fingerprint density at radius 3 is 1.40 bits per heavy atom. The lowest BCUT2D eigenvalue weighted by atomic mass is 9.74. The third-order valence-electron chi connectivity index (χ3n) is 10.0. The highest BCUT2D eigenvalue weighted by Gasteiger charge is 2.28. The molecule has 0 saturated heterocycles. The zero-order chi connectivity index (χ0) is 31.3. The summed E-state index contributed by atoms with van der Waals surface area (Å²) in [7, 11) is 10.1. The van der Waals surface area contributed by atoms with E-state index in [1.807, 2.05) is 12.1 Å². The van der Waals surface area contributed by atoms with Gasteiger partial charge in [0.15, 0.2) is 0 Å². The van der Waals surface area contributed by atoms with E-state index in [4.69, 9.17) is 18.9 Å². The van der Waals surface area contributed by atoms with Crippen molar-refractivity contribution < 1.29 is 18.9 Å². The minimum Gasteiger partial charge on any atom is -0.497 e. The average Bonchev–Trinajstić information content (AvgIpc) is 3.11. The van der Waals surface area contributed by atoms with Crippen LogP contribution in [0.15, 0.2) is 66.7 Å². The fraction of sp³-hybridized carbons (Fsp3) is 0.400. The van der Waals surface area contributed by atoms with Gasteiger partial charge in [-0.05, 0) is 112 Å². The van der Waals surface area contributed by atoms with Gasteiger partial charge in [0.25, 0.3) is 0 Å². The molecule has 5 heteroatoms. The third kappa shape index (κ3) is 6.59. The van der Waals surface area contributed by atoms with Crippen molar-refractivity contribution in [2.75, 3.05) is 28.4 Å². The summed E-state index contributed by atoms with van der Waals surface area (Å²) in [6, 6.07) is 23.8. The molecule has 0 amide bonds. The topological polar surface area (TPSA) is 36.9 Å². The van der Waals surface area contributed by atoms with Crippen LogP contribution in [0.4, 0.5) is 0 Å². The molecule has 0 bridgehead atoms. The molecule has 45 heavy (non-hydrogen) atoms. The molecule has 1 atom stereocenters. The maximum absolute atomic E-state index is 5.73. The number of hydrogen-bond donors (Lipinski definition) is 0. The first kappa shape index (κ1) is 31.5. The summed E-state index contributed by atoms with van der Waals surface area (Å²) in [5.74, 6) is 4.34. The predicted octanol–water partition coefficient (Wildman–Crippen LogP) is 10.3. The fourth-order valence-electron chi connectivity index (χ4n) is 7.74. The molecule has 4 nitrogen and oxygen atoms in total. The second-order valence-electron chi connectivity index (χ2n) is 12.6. The normalized spacial score (nSPS) is 15.9. The molecule has 0 aliphatic heterocycles. The lowest BCUT2D eigenvalue weighted by molar-refractivity contribution is 0.394. The van der Waals surface area contributed by atoms with Gasteiger partial charge in [0, 0.05) is 12.1 Å². The van der Waals surface area contributed by atoms with Gasteiger partial charge < -0.3 is 18.9 Å². The number of benzene rings is 4. The van der Waals surface area contributed by atoms with Gasteiger partial charge in [-0.3, -0.25) is 0 Å². The fourth-order valence-corrected chi connectivity index (χ4v) is 8.38. The van der Waals surface area contributed by atoms with Crippen LogP contribution in [0.3, 0.4) is 0 Å². The predicted molar refractivity (Wildman–Crippen MR) is 190 cm³/mol. The molecule has 0 aromatic heterocycles. The van der Waals surface area contributed by atoms with Crippen molar-refractivity contribution in [3.63, 3.8) is 0 Å². The molecule has 2 fully saturated rings. The van der Waals surface area contributed by atoms with Crippen LogP contribution in [0, 0.1) is 0 Å². The first-order chi connectivity index (χ1) is 22.0. The average molecular weight is 623 g/mol. The molecule has 2 saturated carbocycles. The lowest BCUT2D eigenvalue weighted by Gasteiger charge is -2.32. The van der Waals surface area contributed by atoms with Gasteiger partial charge in [-0.1, -0.05) is 68.9 Å². The quantitative estimate of drug-likeness (QED) is 0.174. The van der Waals surface area contributed by atoms with Gasteiger partial charge in [-0.2, -0.15) is 0 Å². The second kappa shape index (κ2) is 14.3. The summed E-state index contributed by atoms with van der Waals surface area (Å²) < 4.78 is 22.9. The maximum atomic E-state index is 5.73. The van der Waals surface area contributed by atoms with Crippen LogP contribution in [0.1, 0.15) is 87.2 Å². The zero-order valence-electron chi connectivity index (χ0n) is 27.3. The molecule has 0 N–H and O–H groups in total. The second-order valence-corrected chi connectivity index (χ2v) is 13.2. The standard InChI is InChI=1S/C40H47O4P/c1-41-30-20-28(21-31(24-30)42-2)34-16-11-17-35(29-22-32(43-3)25-33(23-29)44-4)39(34)37-19-18-36(26-12-7-5-8-13-26)38(40(37)45)27-14-9-6-10-15-27/h11,16-27H,5-10,12-15,45H2,1-4H3. The van der Waals surface area contributed by atoms with Gasteiger partial charge in [0.05, 0.1) is 28.4 Å². The van der Waals surface area contributed by atoms with Gasteiger partial charge in [0.1, 0.15) is 23.0 Å². The van der Waals surface area contributed by atoms with Gasteiger partial charge >= 0.3 is 0 Å². The smallest absolute Gasteiger partial charge is 0.123 e. The van der Waals surface area contributed by atoms with Gasteiger partial charge in [0.2, 0.25) is 0 Å². The number of rotatable bonds is 9. The summed E-state index contributed by atoms with van der Waals surface area (Å²) in [5, 5.41) is 1.35. The van der Waals surface area contributed by atoms with Crippen molar-refractivity contribution in [3.8, 4) is 56.4 Å². The molecule has 2 aliphatic carbocycles. The monoisotopic (exact) mass is 622 g/mol. The van der Waals surface area contributed by atoms with Crippen molar-refractivity contribution >= 4 is 14.5 Å². The van der Waals surface area contributed by atoms with Crippen LogP contribution in [0.2, 0.25) is 0 Å². The highest BCUT2D eigenvalue weighted by atomic mass is 31.0. The van der Waals surface area contributed by atoms with E-state index in [1.54, 1.807) is 39.6 Å². The van der Waals surface area contributed by atoms with Crippen LogP contribution < -0.4 is 24.3 Å². The van der Waals surface area contributed by atoms with Crippen LogP contribution in [0.5, 0.6) is 23.0 Å². The molecule has 1 unspecified atom stereocenters. The van der Waals surface area contributed by atoms with E-state index < -0.39 is 0 Å². The zero-order valence-corrected chi connectivity index (χ0v) is 28.4. The van der Waals surface area contributed by atoms with Crippen LogP contribution in [-0.4, -0.2) is 28.4 Å². The molecule has 0 spiro atoms. The molecule has 0 radical (unpaired) electrons. The summed E-state index contributed by atoms with van der Waals surface area (Å²) in [6.07, 6.45) is 13.2. The van der Waals surface area contributed by atoms with E-state index in [9.17, 15) is 0 Å². The largest absolute Gasteiger partial charge is 0.497 e. The Hall–Kier alpha value is -3.49. The van der Waals surface area contributed by atoms with Crippen molar-refractivity contribution in [1.29, 1.82) is 0 Å². The number of hydrogen-bond acceptors (Lipinski definition) is 4. The summed E-state index contributed by atoms with van der Waals surface area (Å²) >= 11 is 0. The van der Waals surface area contributed by atoms with Crippen LogP contribution >= 0.6 is 9.24 Å². The summed E-state index contributed by atoms with van der Waals surface area (Å²) in [4.78, 5) is 0. The van der Waals surface area contributed by atoms with Crippen molar-refractivity contribution in [2.45, 2.75) is 76.0 Å². The minimum atomic E-state index is 0.604. The van der Waals surface area contributed by atoms with E-state index in [1.165, 1.54) is 80.6 Å². The Morgan fingerprint density at radius 2 is 0.956 bits per heavy atom. The summed E-state index contributed by atoms with van der Waals surface area (Å²) in [5.41, 5.74) is 10.0. The summed E-state index contributed by atoms with van der Waals surface area (Å²) in [6.45, 7) is 0. The van der Waals surface area contributed by atoms with E-state index >= 15 is 0 Å². The molecule has 236 valence electrons. The Morgan fingerprint density at radius 1 is 0.511 bits per heavy atom. The van der Waals surface area contributed by atoms with Crippen molar-refractivity contribution in [2.24, 2.45) is 0 Å². The molecule has 4 aromatic carbocycles. The molecular formula is C40H47O4P. The first-order valence-electron chi connectivity index (χ1n) is 16.6. The van der Waals surface area contributed by atoms with Gasteiger partial charge in [-0.15, -0.1) is 9.24 Å². The van der Waals surface area contributed by atoms with E-state index in [0.717, 1.165) is 45.3 Å². The molecule has 2 aliphatic rings. The Labute approximate surface area is 271 Å². The number of methoxy groups -OCH3 is 4. The van der Waals surface area contributed by atoms with Crippen LogP contribution in [-0.2, 0) is 0 Å². The van der Waals surface area contributed by atoms with E-state index in [-0.39, 0.29) is 0 Å². The number of ether oxygens (including phenoxy) is 4. The maximum Gasteiger partial charge on any atom is 0.123 e. The highest BCUT2D eigenvalue weighted by Crippen LogP contribution is 2.47. The van der Waals surface area contributed by atoms with Crippen molar-refractivity contribution in [1.82, 2.24) is 0 Å². The Bertz CT molecular complexity index is 1510. The third-order valence-corrected chi connectivity index (χ3v) is 10.7. The Balaban J connectivity index is 1.64. The van der Waals surface area contributed by atoms with Gasteiger partial charge in [-0.25, -0.2) is 0 Å². The van der Waals surface area contributed by atoms with Crippen molar-refractivity contribution in [3.05, 3.63) is 77.9 Å².